The van der Waals surface area contributed by atoms with Gasteiger partial charge in [-0.3, -0.25) is 0 Å². The maximum absolute atomic E-state index is 13.8. The number of unbranched alkanes of at least 4 members (excludes halogenated alkanes) is 5. The van der Waals surface area contributed by atoms with Gasteiger partial charge in [-0.05, 0) is 58.2 Å². The van der Waals surface area contributed by atoms with Crippen LogP contribution in [0.3, 0.4) is 0 Å². The normalized spacial score (nSPS) is 16.6. The van der Waals surface area contributed by atoms with E-state index in [9.17, 15) is 18.0 Å². The third kappa shape index (κ3) is 8.64. The Balaban J connectivity index is 1.67. The number of carbonyl (C=O) groups excluding carboxylic acids is 1. The van der Waals surface area contributed by atoms with Crippen LogP contribution in [0.5, 0.6) is 5.75 Å². The molecule has 10 heteroatoms. The standard InChI is InChI=1S/C27H38F3N3O4/c1-5-6-7-8-9-10-16-35-22-14-13-19(17-21(22)27(28,29)30)23-31-24(37-32-23)20-12-11-15-33(18-20)25(34)36-26(2,3)4/h13-14,17,20H,5-12,15-16,18H2,1-4H3/t20-/m1/s1. The topological polar surface area (TPSA) is 77.7 Å². The van der Waals surface area contributed by atoms with Crippen molar-refractivity contribution in [2.75, 3.05) is 19.7 Å². The minimum atomic E-state index is -4.59. The Labute approximate surface area is 216 Å². The molecule has 1 fully saturated rings. The lowest BCUT2D eigenvalue weighted by molar-refractivity contribution is -0.138. The molecule has 2 aromatic rings. The van der Waals surface area contributed by atoms with Gasteiger partial charge in [0.1, 0.15) is 11.4 Å². The Morgan fingerprint density at radius 2 is 1.86 bits per heavy atom. The Morgan fingerprint density at radius 1 is 1.14 bits per heavy atom. The van der Waals surface area contributed by atoms with Gasteiger partial charge >= 0.3 is 12.3 Å². The first-order valence-electron chi connectivity index (χ1n) is 13.1. The van der Waals surface area contributed by atoms with E-state index in [4.69, 9.17) is 14.0 Å². The number of amides is 1. The van der Waals surface area contributed by atoms with E-state index >= 15 is 0 Å². The second-order valence-electron chi connectivity index (χ2n) is 10.5. The van der Waals surface area contributed by atoms with Gasteiger partial charge in [0.15, 0.2) is 0 Å². The van der Waals surface area contributed by atoms with Gasteiger partial charge in [-0.1, -0.05) is 44.2 Å². The number of piperidine rings is 1. The van der Waals surface area contributed by atoms with Crippen molar-refractivity contribution in [2.24, 2.45) is 0 Å². The molecule has 1 saturated heterocycles. The number of hydrogen-bond acceptors (Lipinski definition) is 6. The third-order valence-electron chi connectivity index (χ3n) is 6.16. The molecule has 1 aromatic carbocycles. The summed E-state index contributed by atoms with van der Waals surface area (Å²) in [7, 11) is 0. The smallest absolute Gasteiger partial charge is 0.419 e. The van der Waals surface area contributed by atoms with Gasteiger partial charge in [0.05, 0.1) is 18.1 Å². The number of nitrogens with zero attached hydrogens (tertiary/aromatic N) is 3. The molecule has 1 atom stereocenters. The Morgan fingerprint density at radius 3 is 2.57 bits per heavy atom. The van der Waals surface area contributed by atoms with E-state index in [1.165, 1.54) is 18.6 Å². The van der Waals surface area contributed by atoms with Crippen molar-refractivity contribution < 1.29 is 32.0 Å². The van der Waals surface area contributed by atoms with E-state index in [1.807, 2.05) is 0 Å². The number of halogens is 3. The number of alkyl halides is 3. The summed E-state index contributed by atoms with van der Waals surface area (Å²) in [5.74, 6) is -0.0593. The number of ether oxygens (including phenoxy) is 2. The van der Waals surface area contributed by atoms with Crippen LogP contribution in [-0.4, -0.2) is 46.4 Å². The SMILES string of the molecule is CCCCCCCCOc1ccc(-c2noc([C@@H]3CCCN(C(=O)OC(C)(C)C)C3)n2)cc1C(F)(F)F. The zero-order chi connectivity index (χ0) is 27.1. The Kier molecular flexibility index (Phi) is 9.84. The van der Waals surface area contributed by atoms with E-state index in [1.54, 1.807) is 25.7 Å². The number of hydrogen-bond donors (Lipinski definition) is 0. The summed E-state index contributed by atoms with van der Waals surface area (Å²) >= 11 is 0. The van der Waals surface area contributed by atoms with Crippen molar-refractivity contribution in [3.8, 4) is 17.1 Å². The molecule has 0 bridgehead atoms. The van der Waals surface area contributed by atoms with Crippen molar-refractivity contribution in [1.29, 1.82) is 0 Å². The largest absolute Gasteiger partial charge is 0.493 e. The maximum Gasteiger partial charge on any atom is 0.419 e. The minimum Gasteiger partial charge on any atom is -0.493 e. The van der Waals surface area contributed by atoms with Crippen molar-refractivity contribution in [3.63, 3.8) is 0 Å². The molecule has 0 aliphatic carbocycles. The van der Waals surface area contributed by atoms with Crippen LogP contribution in [0.25, 0.3) is 11.4 Å². The van der Waals surface area contributed by atoms with E-state index in [2.05, 4.69) is 17.1 Å². The quantitative estimate of drug-likeness (QED) is 0.297. The van der Waals surface area contributed by atoms with Gasteiger partial charge in [0.25, 0.3) is 0 Å². The lowest BCUT2D eigenvalue weighted by atomic mass is 9.98. The molecule has 1 amide bonds. The molecule has 37 heavy (non-hydrogen) atoms. The second-order valence-corrected chi connectivity index (χ2v) is 10.5. The summed E-state index contributed by atoms with van der Waals surface area (Å²) in [6.45, 7) is 8.68. The maximum atomic E-state index is 13.8. The fraction of sp³-hybridized carbons (Fsp3) is 0.667. The summed E-state index contributed by atoms with van der Waals surface area (Å²) in [5, 5.41) is 3.93. The van der Waals surface area contributed by atoms with E-state index < -0.39 is 23.4 Å². The molecule has 1 aromatic heterocycles. The van der Waals surface area contributed by atoms with Crippen LogP contribution in [-0.2, 0) is 10.9 Å². The summed E-state index contributed by atoms with van der Waals surface area (Å²) in [5.41, 5.74) is -1.28. The Hall–Kier alpha value is -2.78. The minimum absolute atomic E-state index is 0.0670. The molecule has 0 spiro atoms. The summed E-state index contributed by atoms with van der Waals surface area (Å²) < 4.78 is 57.8. The molecule has 0 unspecified atom stereocenters. The highest BCUT2D eigenvalue weighted by molar-refractivity contribution is 5.68. The molecule has 1 aliphatic rings. The molecule has 3 rings (SSSR count). The van der Waals surface area contributed by atoms with Crippen LogP contribution >= 0.6 is 0 Å². The van der Waals surface area contributed by atoms with Gasteiger partial charge in [-0.15, -0.1) is 0 Å². The first-order valence-corrected chi connectivity index (χ1v) is 13.1. The molecule has 7 nitrogen and oxygen atoms in total. The average Bonchev–Trinajstić information content (AvgIpc) is 3.32. The van der Waals surface area contributed by atoms with Gasteiger partial charge in [0.2, 0.25) is 11.7 Å². The molecule has 206 valence electrons. The van der Waals surface area contributed by atoms with Crippen LogP contribution in [0, 0.1) is 0 Å². The van der Waals surface area contributed by atoms with Crippen LogP contribution in [0.15, 0.2) is 22.7 Å². The van der Waals surface area contributed by atoms with Crippen molar-refractivity contribution >= 4 is 6.09 Å². The number of likely N-dealkylation sites (tertiary alicyclic amines) is 1. The number of carbonyl (C=O) groups is 1. The average molecular weight is 526 g/mol. The highest BCUT2D eigenvalue weighted by atomic mass is 19.4. The molecule has 2 heterocycles. The predicted octanol–water partition coefficient (Wildman–Crippen LogP) is 7.61. The summed E-state index contributed by atoms with van der Waals surface area (Å²) in [6, 6.07) is 3.82. The predicted molar refractivity (Wildman–Crippen MR) is 133 cm³/mol. The fourth-order valence-electron chi connectivity index (χ4n) is 4.27. The van der Waals surface area contributed by atoms with Crippen molar-refractivity contribution in [2.45, 2.75) is 96.8 Å². The molecule has 0 saturated carbocycles. The fourth-order valence-corrected chi connectivity index (χ4v) is 4.27. The summed E-state index contributed by atoms with van der Waals surface area (Å²) in [6.07, 6.45) is 2.58. The molecule has 1 aliphatic heterocycles. The molecule has 0 N–H and O–H groups in total. The molecular weight excluding hydrogens is 487 g/mol. The second kappa shape index (κ2) is 12.6. The zero-order valence-corrected chi connectivity index (χ0v) is 22.2. The monoisotopic (exact) mass is 525 g/mol. The number of benzene rings is 1. The van der Waals surface area contributed by atoms with Gasteiger partial charge < -0.3 is 18.9 Å². The van der Waals surface area contributed by atoms with Crippen LogP contribution in [0.2, 0.25) is 0 Å². The first-order chi connectivity index (χ1) is 17.5. The lowest BCUT2D eigenvalue weighted by Crippen LogP contribution is -2.42. The highest BCUT2D eigenvalue weighted by Gasteiger charge is 2.36. The van der Waals surface area contributed by atoms with Gasteiger partial charge in [-0.2, -0.15) is 18.2 Å². The lowest BCUT2D eigenvalue weighted by Gasteiger charge is -2.32. The van der Waals surface area contributed by atoms with Crippen LogP contribution in [0.4, 0.5) is 18.0 Å². The van der Waals surface area contributed by atoms with Gasteiger partial charge in [-0.25, -0.2) is 4.79 Å². The van der Waals surface area contributed by atoms with Gasteiger partial charge in [0, 0.05) is 18.7 Å². The number of rotatable bonds is 10. The molecular formula is C27H38F3N3O4. The molecule has 0 radical (unpaired) electrons. The van der Waals surface area contributed by atoms with Crippen LogP contribution in [0.1, 0.15) is 96.4 Å². The Bertz CT molecular complexity index is 1020. The van der Waals surface area contributed by atoms with E-state index in [0.29, 0.717) is 25.4 Å². The van der Waals surface area contributed by atoms with E-state index in [-0.39, 0.29) is 29.7 Å². The first kappa shape index (κ1) is 28.8. The third-order valence-corrected chi connectivity index (χ3v) is 6.16. The zero-order valence-electron chi connectivity index (χ0n) is 22.2. The van der Waals surface area contributed by atoms with Crippen LogP contribution < -0.4 is 4.74 Å². The van der Waals surface area contributed by atoms with Crippen molar-refractivity contribution in [3.05, 3.63) is 29.7 Å². The van der Waals surface area contributed by atoms with E-state index in [0.717, 1.165) is 44.6 Å². The number of aromatic nitrogens is 2. The van der Waals surface area contributed by atoms with Crippen molar-refractivity contribution in [1.82, 2.24) is 15.0 Å². The highest BCUT2D eigenvalue weighted by Crippen LogP contribution is 2.39. The summed E-state index contributed by atoms with van der Waals surface area (Å²) in [4.78, 5) is 18.4.